The number of carbonyl (C=O) groups is 1. The first-order valence-corrected chi connectivity index (χ1v) is 5.73. The van der Waals surface area contributed by atoms with Gasteiger partial charge in [-0.3, -0.25) is 4.79 Å². The number of Topliss-reactive ketones (excluding diaryl/α,β-unsaturated/α-hetero) is 1. The van der Waals surface area contributed by atoms with E-state index < -0.39 is 0 Å². The minimum atomic E-state index is 0.0472. The molecule has 0 heterocycles. The molecule has 1 aromatic rings. The minimum Gasteiger partial charge on any atom is -0.390 e. The molecule has 3 heteroatoms. The summed E-state index contributed by atoms with van der Waals surface area (Å²) in [5.41, 5.74) is 1.57. The van der Waals surface area contributed by atoms with Crippen LogP contribution in [0.3, 0.4) is 0 Å². The van der Waals surface area contributed by atoms with Crippen molar-refractivity contribution in [1.82, 2.24) is 5.32 Å². The lowest BCUT2D eigenvalue weighted by atomic mass is 10.0. The van der Waals surface area contributed by atoms with E-state index in [0.29, 0.717) is 10.6 Å². The Morgan fingerprint density at radius 3 is 2.50 bits per heavy atom. The van der Waals surface area contributed by atoms with Gasteiger partial charge in [0.05, 0.1) is 0 Å². The molecule has 0 bridgehead atoms. The van der Waals surface area contributed by atoms with Crippen LogP contribution in [0.15, 0.2) is 30.5 Å². The molecule has 0 amide bonds. The molecule has 1 aromatic carbocycles. The highest BCUT2D eigenvalue weighted by atomic mass is 35.5. The molecule has 0 aliphatic rings. The molecule has 0 aliphatic heterocycles. The predicted octanol–water partition coefficient (Wildman–Crippen LogP) is 3.27. The van der Waals surface area contributed by atoms with Crippen LogP contribution in [0.25, 0.3) is 5.57 Å². The molecule has 1 rings (SSSR count). The Kier molecular flexibility index (Phi) is 5.06. The van der Waals surface area contributed by atoms with Crippen LogP contribution in [-0.2, 0) is 4.79 Å². The van der Waals surface area contributed by atoms with Gasteiger partial charge < -0.3 is 5.32 Å². The zero-order valence-corrected chi connectivity index (χ0v) is 10.3. The van der Waals surface area contributed by atoms with Gasteiger partial charge >= 0.3 is 0 Å². The van der Waals surface area contributed by atoms with Gasteiger partial charge in [-0.1, -0.05) is 30.7 Å². The molecule has 1 N–H and O–H groups in total. The van der Waals surface area contributed by atoms with Crippen molar-refractivity contribution in [2.45, 2.75) is 20.3 Å². The van der Waals surface area contributed by atoms with Gasteiger partial charge in [0.2, 0.25) is 0 Å². The van der Waals surface area contributed by atoms with Crippen LogP contribution >= 0.6 is 11.6 Å². The summed E-state index contributed by atoms with van der Waals surface area (Å²) >= 11 is 5.80. The molecular weight excluding hydrogens is 222 g/mol. The maximum absolute atomic E-state index is 11.5. The molecule has 0 unspecified atom stereocenters. The van der Waals surface area contributed by atoms with Gasteiger partial charge in [0.1, 0.15) is 0 Å². The lowest BCUT2D eigenvalue weighted by molar-refractivity contribution is -0.111. The van der Waals surface area contributed by atoms with Gasteiger partial charge in [0.25, 0.3) is 0 Å². The molecule has 0 saturated heterocycles. The van der Waals surface area contributed by atoms with Crippen LogP contribution in [0.5, 0.6) is 0 Å². The summed E-state index contributed by atoms with van der Waals surface area (Å²) in [5, 5.41) is 3.79. The third-order valence-corrected chi connectivity index (χ3v) is 2.43. The van der Waals surface area contributed by atoms with Gasteiger partial charge in [0.15, 0.2) is 5.78 Å². The number of halogens is 1. The van der Waals surface area contributed by atoms with E-state index in [4.69, 9.17) is 11.6 Å². The second-order valence-corrected chi connectivity index (χ2v) is 4.01. The molecule has 0 aromatic heterocycles. The standard InChI is InChI=1S/C13H16ClNO/c1-3-8-15-9-13(10(2)16)11-4-6-12(14)7-5-11/h4-7,9,15H,3,8H2,1-2H3/b13-9-. The summed E-state index contributed by atoms with van der Waals surface area (Å²) in [5.74, 6) is 0.0472. The van der Waals surface area contributed by atoms with Crippen molar-refractivity contribution in [2.24, 2.45) is 0 Å². The summed E-state index contributed by atoms with van der Waals surface area (Å²) in [7, 11) is 0. The first-order valence-electron chi connectivity index (χ1n) is 5.35. The van der Waals surface area contributed by atoms with Crippen LogP contribution in [0.4, 0.5) is 0 Å². The highest BCUT2D eigenvalue weighted by Crippen LogP contribution is 2.17. The molecule has 0 atom stereocenters. The van der Waals surface area contributed by atoms with E-state index in [9.17, 15) is 4.79 Å². The van der Waals surface area contributed by atoms with E-state index in [1.165, 1.54) is 0 Å². The number of hydrogen-bond donors (Lipinski definition) is 1. The third-order valence-electron chi connectivity index (χ3n) is 2.18. The topological polar surface area (TPSA) is 29.1 Å². The van der Waals surface area contributed by atoms with Crippen molar-refractivity contribution in [2.75, 3.05) is 6.54 Å². The highest BCUT2D eigenvalue weighted by Gasteiger charge is 2.06. The summed E-state index contributed by atoms with van der Waals surface area (Å²) in [6.07, 6.45) is 2.80. The smallest absolute Gasteiger partial charge is 0.161 e. The number of benzene rings is 1. The van der Waals surface area contributed by atoms with Crippen molar-refractivity contribution in [3.63, 3.8) is 0 Å². The van der Waals surface area contributed by atoms with Gasteiger partial charge in [-0.05, 0) is 31.0 Å². The van der Waals surface area contributed by atoms with E-state index in [0.717, 1.165) is 18.5 Å². The second-order valence-electron chi connectivity index (χ2n) is 3.58. The molecule has 0 saturated carbocycles. The normalized spacial score (nSPS) is 11.3. The maximum atomic E-state index is 11.5. The van der Waals surface area contributed by atoms with Crippen LogP contribution in [0.1, 0.15) is 25.8 Å². The number of rotatable bonds is 5. The Hall–Kier alpha value is -1.28. The average molecular weight is 238 g/mol. The summed E-state index contributed by atoms with van der Waals surface area (Å²) in [6.45, 7) is 4.51. The third kappa shape index (κ3) is 3.70. The summed E-state index contributed by atoms with van der Waals surface area (Å²) < 4.78 is 0. The number of ketones is 1. The lowest BCUT2D eigenvalue weighted by Gasteiger charge is -2.05. The molecular formula is C13H16ClNO. The molecule has 0 radical (unpaired) electrons. The molecule has 0 spiro atoms. The van der Waals surface area contributed by atoms with Crippen LogP contribution < -0.4 is 5.32 Å². The van der Waals surface area contributed by atoms with Crippen molar-refractivity contribution in [3.05, 3.63) is 41.1 Å². The Balaban J connectivity index is 2.89. The second kappa shape index (κ2) is 6.33. The van der Waals surface area contributed by atoms with Crippen LogP contribution in [0, 0.1) is 0 Å². The molecule has 2 nitrogen and oxygen atoms in total. The van der Waals surface area contributed by atoms with Crippen LogP contribution in [0.2, 0.25) is 5.02 Å². The molecule has 0 aliphatic carbocycles. The zero-order chi connectivity index (χ0) is 12.0. The van der Waals surface area contributed by atoms with Crippen molar-refractivity contribution >= 4 is 23.0 Å². The van der Waals surface area contributed by atoms with Gasteiger partial charge in [-0.25, -0.2) is 0 Å². The monoisotopic (exact) mass is 237 g/mol. The number of allylic oxidation sites excluding steroid dienone is 1. The van der Waals surface area contributed by atoms with Crippen molar-refractivity contribution < 1.29 is 4.79 Å². The maximum Gasteiger partial charge on any atom is 0.161 e. The highest BCUT2D eigenvalue weighted by molar-refractivity contribution is 6.30. The Morgan fingerprint density at radius 2 is 2.00 bits per heavy atom. The first-order chi connectivity index (χ1) is 7.65. The Morgan fingerprint density at radius 1 is 1.38 bits per heavy atom. The van der Waals surface area contributed by atoms with Gasteiger partial charge in [0, 0.05) is 23.3 Å². The largest absolute Gasteiger partial charge is 0.390 e. The van der Waals surface area contributed by atoms with Crippen LogP contribution in [-0.4, -0.2) is 12.3 Å². The van der Waals surface area contributed by atoms with Crippen molar-refractivity contribution in [1.29, 1.82) is 0 Å². The minimum absolute atomic E-state index is 0.0472. The van der Waals surface area contributed by atoms with E-state index in [-0.39, 0.29) is 5.78 Å². The van der Waals surface area contributed by atoms with Crippen molar-refractivity contribution in [3.8, 4) is 0 Å². The number of hydrogen-bond acceptors (Lipinski definition) is 2. The fourth-order valence-electron chi connectivity index (χ4n) is 1.34. The number of nitrogens with one attached hydrogen (secondary N) is 1. The van der Waals surface area contributed by atoms with Gasteiger partial charge in [-0.15, -0.1) is 0 Å². The molecule has 0 fully saturated rings. The Bertz CT molecular complexity index is 381. The Labute approximate surface area is 101 Å². The SMILES string of the molecule is CCCN/C=C(/C(C)=O)c1ccc(Cl)cc1. The summed E-state index contributed by atoms with van der Waals surface area (Å²) in [6, 6.07) is 7.27. The quantitative estimate of drug-likeness (QED) is 0.629. The average Bonchev–Trinajstić information content (AvgIpc) is 2.26. The van der Waals surface area contributed by atoms with Gasteiger partial charge in [-0.2, -0.15) is 0 Å². The van der Waals surface area contributed by atoms with E-state index in [1.807, 2.05) is 12.1 Å². The zero-order valence-electron chi connectivity index (χ0n) is 9.59. The first kappa shape index (κ1) is 12.8. The van der Waals surface area contributed by atoms with E-state index >= 15 is 0 Å². The lowest BCUT2D eigenvalue weighted by Crippen LogP contribution is -2.09. The summed E-state index contributed by atoms with van der Waals surface area (Å²) in [4.78, 5) is 11.5. The number of carbonyl (C=O) groups excluding carboxylic acids is 1. The molecule has 86 valence electrons. The predicted molar refractivity (Wildman–Crippen MR) is 68.4 cm³/mol. The van der Waals surface area contributed by atoms with E-state index in [1.54, 1.807) is 25.3 Å². The fourth-order valence-corrected chi connectivity index (χ4v) is 1.46. The van der Waals surface area contributed by atoms with E-state index in [2.05, 4.69) is 12.2 Å². The fraction of sp³-hybridized carbons (Fsp3) is 0.308. The molecule has 16 heavy (non-hydrogen) atoms.